The summed E-state index contributed by atoms with van der Waals surface area (Å²) in [5.41, 5.74) is 1.46. The zero-order valence-electron chi connectivity index (χ0n) is 16.7. The summed E-state index contributed by atoms with van der Waals surface area (Å²) in [5, 5.41) is 10.9. The van der Waals surface area contributed by atoms with E-state index in [0.29, 0.717) is 29.9 Å². The lowest BCUT2D eigenvalue weighted by Gasteiger charge is -2.15. The van der Waals surface area contributed by atoms with Gasteiger partial charge in [0.15, 0.2) is 5.96 Å². The maximum Gasteiger partial charge on any atom is 0.387 e. The summed E-state index contributed by atoms with van der Waals surface area (Å²) in [6.07, 6.45) is 6.91. The highest BCUT2D eigenvalue weighted by Crippen LogP contribution is 2.28. The fraction of sp³-hybridized carbons (Fsp3) is 0.500. The predicted octanol–water partition coefficient (Wildman–Crippen LogP) is 3.47. The van der Waals surface area contributed by atoms with E-state index in [2.05, 4.69) is 25.5 Å². The molecule has 0 aliphatic heterocycles. The summed E-state index contributed by atoms with van der Waals surface area (Å²) in [7, 11) is 3.17. The number of hydrogen-bond acceptors (Lipinski definition) is 4. The summed E-state index contributed by atoms with van der Waals surface area (Å²) < 4.78 is 37.1. The van der Waals surface area contributed by atoms with Crippen molar-refractivity contribution in [3.63, 3.8) is 0 Å². The Morgan fingerprint density at radius 1 is 1.24 bits per heavy atom. The zero-order valence-corrected chi connectivity index (χ0v) is 16.7. The minimum absolute atomic E-state index is 0.0964. The van der Waals surface area contributed by atoms with Crippen molar-refractivity contribution in [3.8, 4) is 11.5 Å². The number of methoxy groups -OCH3 is 1. The van der Waals surface area contributed by atoms with Crippen molar-refractivity contribution in [2.75, 3.05) is 14.2 Å². The van der Waals surface area contributed by atoms with Gasteiger partial charge in [-0.1, -0.05) is 12.8 Å². The van der Waals surface area contributed by atoms with Gasteiger partial charge in [-0.25, -0.2) is 0 Å². The third-order valence-corrected chi connectivity index (χ3v) is 4.95. The second-order valence-electron chi connectivity index (χ2n) is 6.86. The molecule has 0 spiro atoms. The molecule has 0 bridgehead atoms. The molecule has 1 saturated carbocycles. The van der Waals surface area contributed by atoms with Gasteiger partial charge in [-0.3, -0.25) is 9.67 Å². The second kappa shape index (κ2) is 10.1. The molecule has 7 nitrogen and oxygen atoms in total. The Hall–Kier alpha value is -2.84. The van der Waals surface area contributed by atoms with Crippen molar-refractivity contribution in [1.82, 2.24) is 20.4 Å². The van der Waals surface area contributed by atoms with Gasteiger partial charge in [-0.15, -0.1) is 0 Å². The Balaban J connectivity index is 1.56. The summed E-state index contributed by atoms with van der Waals surface area (Å²) in [4.78, 5) is 4.18. The maximum absolute atomic E-state index is 12.7. The first-order valence-corrected chi connectivity index (χ1v) is 9.69. The van der Waals surface area contributed by atoms with E-state index in [9.17, 15) is 8.78 Å². The Bertz CT molecular complexity index is 819. The summed E-state index contributed by atoms with van der Waals surface area (Å²) in [5.74, 6) is 1.19. The minimum Gasteiger partial charge on any atom is -0.497 e. The van der Waals surface area contributed by atoms with Crippen molar-refractivity contribution in [2.24, 2.45) is 4.99 Å². The molecule has 0 saturated heterocycles. The van der Waals surface area contributed by atoms with Crippen molar-refractivity contribution >= 4 is 5.96 Å². The number of aromatic nitrogens is 2. The third-order valence-electron chi connectivity index (χ3n) is 4.95. The van der Waals surface area contributed by atoms with Crippen LogP contribution in [0, 0.1) is 0 Å². The average molecular weight is 407 g/mol. The molecule has 158 valence electrons. The molecule has 3 rings (SSSR count). The van der Waals surface area contributed by atoms with Gasteiger partial charge in [0.1, 0.15) is 11.5 Å². The van der Waals surface area contributed by atoms with Gasteiger partial charge in [0.2, 0.25) is 0 Å². The first-order valence-electron chi connectivity index (χ1n) is 9.69. The fourth-order valence-corrected chi connectivity index (χ4v) is 3.45. The molecule has 0 atom stereocenters. The topological polar surface area (TPSA) is 72.7 Å². The van der Waals surface area contributed by atoms with Crippen LogP contribution in [-0.4, -0.2) is 36.5 Å². The lowest BCUT2D eigenvalue weighted by molar-refractivity contribution is -0.0504. The van der Waals surface area contributed by atoms with Crippen LogP contribution in [0.25, 0.3) is 0 Å². The van der Waals surface area contributed by atoms with Crippen molar-refractivity contribution in [2.45, 2.75) is 51.4 Å². The Labute approximate surface area is 169 Å². The smallest absolute Gasteiger partial charge is 0.387 e. The number of halogens is 2. The van der Waals surface area contributed by atoms with Crippen LogP contribution in [-0.2, 0) is 13.1 Å². The fourth-order valence-electron chi connectivity index (χ4n) is 3.45. The van der Waals surface area contributed by atoms with Crippen LogP contribution in [0.5, 0.6) is 11.5 Å². The largest absolute Gasteiger partial charge is 0.497 e. The van der Waals surface area contributed by atoms with E-state index in [-0.39, 0.29) is 12.3 Å². The van der Waals surface area contributed by atoms with Crippen LogP contribution >= 0.6 is 0 Å². The number of nitrogens with one attached hydrogen (secondary N) is 2. The summed E-state index contributed by atoms with van der Waals surface area (Å²) in [6, 6.07) is 7.20. The van der Waals surface area contributed by atoms with Gasteiger partial charge >= 0.3 is 6.61 Å². The molecule has 0 amide bonds. The van der Waals surface area contributed by atoms with Gasteiger partial charge in [0, 0.05) is 25.4 Å². The first kappa shape index (κ1) is 20.9. The molecule has 1 fully saturated rings. The number of alkyl halides is 2. The molecule has 1 aliphatic rings. The first-order chi connectivity index (χ1) is 14.1. The predicted molar refractivity (Wildman–Crippen MR) is 106 cm³/mol. The number of ether oxygens (including phenoxy) is 2. The molecule has 1 aliphatic carbocycles. The van der Waals surface area contributed by atoms with Crippen LogP contribution < -0.4 is 20.1 Å². The van der Waals surface area contributed by atoms with E-state index in [4.69, 9.17) is 4.74 Å². The molecule has 2 N–H and O–H groups in total. The maximum atomic E-state index is 12.7. The van der Waals surface area contributed by atoms with E-state index in [1.807, 2.05) is 16.9 Å². The monoisotopic (exact) mass is 407 g/mol. The quantitative estimate of drug-likeness (QED) is 0.518. The van der Waals surface area contributed by atoms with Gasteiger partial charge in [-0.05, 0) is 37.1 Å². The molecule has 0 unspecified atom stereocenters. The summed E-state index contributed by atoms with van der Waals surface area (Å²) >= 11 is 0. The molecule has 29 heavy (non-hydrogen) atoms. The van der Waals surface area contributed by atoms with E-state index in [0.717, 1.165) is 5.69 Å². The minimum atomic E-state index is -2.89. The number of hydrogen-bond donors (Lipinski definition) is 2. The van der Waals surface area contributed by atoms with Crippen molar-refractivity contribution in [1.29, 1.82) is 0 Å². The van der Waals surface area contributed by atoms with Gasteiger partial charge in [-0.2, -0.15) is 13.9 Å². The molecule has 1 aromatic heterocycles. The standard InChI is InChI=1S/C20H27F2N5O2/c1-23-20(25-13-15-9-10-27(26-15)16-5-3-4-6-16)24-12-14-11-17(28-2)7-8-18(14)29-19(21)22/h7-11,16,19H,3-6,12-13H2,1-2H3,(H2,23,24,25). The van der Waals surface area contributed by atoms with Crippen LogP contribution in [0.3, 0.4) is 0 Å². The van der Waals surface area contributed by atoms with Crippen LogP contribution in [0.15, 0.2) is 35.5 Å². The number of benzene rings is 1. The molecular formula is C20H27F2N5O2. The van der Waals surface area contributed by atoms with E-state index >= 15 is 0 Å². The molecule has 9 heteroatoms. The SMILES string of the molecule is CN=C(NCc1ccn(C2CCCC2)n1)NCc1cc(OC)ccc1OC(F)F. The Kier molecular flexibility index (Phi) is 7.26. The third kappa shape index (κ3) is 5.82. The Morgan fingerprint density at radius 2 is 2.00 bits per heavy atom. The highest BCUT2D eigenvalue weighted by Gasteiger charge is 2.17. The highest BCUT2D eigenvalue weighted by atomic mass is 19.3. The molecular weight excluding hydrogens is 380 g/mol. The zero-order chi connectivity index (χ0) is 20.6. The second-order valence-corrected chi connectivity index (χ2v) is 6.86. The van der Waals surface area contributed by atoms with Crippen LogP contribution in [0.1, 0.15) is 43.0 Å². The van der Waals surface area contributed by atoms with Crippen LogP contribution in [0.4, 0.5) is 8.78 Å². The summed E-state index contributed by atoms with van der Waals surface area (Å²) in [6.45, 7) is -2.14. The van der Waals surface area contributed by atoms with Gasteiger partial charge in [0.25, 0.3) is 0 Å². The number of rotatable bonds is 8. The lowest BCUT2D eigenvalue weighted by atomic mass is 10.2. The van der Waals surface area contributed by atoms with Gasteiger partial charge < -0.3 is 20.1 Å². The Morgan fingerprint density at radius 3 is 2.69 bits per heavy atom. The number of nitrogens with zero attached hydrogens (tertiary/aromatic N) is 3. The van der Waals surface area contributed by atoms with Crippen molar-refractivity contribution in [3.05, 3.63) is 41.7 Å². The highest BCUT2D eigenvalue weighted by molar-refractivity contribution is 5.79. The molecule has 1 heterocycles. The number of aliphatic imine (C=N–C) groups is 1. The number of guanidine groups is 1. The van der Waals surface area contributed by atoms with E-state index in [1.54, 1.807) is 19.2 Å². The van der Waals surface area contributed by atoms with Crippen molar-refractivity contribution < 1.29 is 18.3 Å². The normalized spacial score (nSPS) is 15.0. The lowest BCUT2D eigenvalue weighted by Crippen LogP contribution is -2.36. The van der Waals surface area contributed by atoms with Crippen LogP contribution in [0.2, 0.25) is 0 Å². The van der Waals surface area contributed by atoms with E-state index in [1.165, 1.54) is 38.9 Å². The average Bonchev–Trinajstić information content (AvgIpc) is 3.40. The van der Waals surface area contributed by atoms with Gasteiger partial charge in [0.05, 0.1) is 25.4 Å². The molecule has 2 aromatic rings. The van der Waals surface area contributed by atoms with E-state index < -0.39 is 6.61 Å². The molecule has 0 radical (unpaired) electrons. The molecule has 1 aromatic carbocycles.